The zero-order valence-corrected chi connectivity index (χ0v) is 10.2. The molecule has 0 bridgehead atoms. The summed E-state index contributed by atoms with van der Waals surface area (Å²) >= 11 is 0. The Kier molecular flexibility index (Phi) is 5.98. The predicted octanol–water partition coefficient (Wildman–Crippen LogP) is -2.42. The number of para-hydroxylation sites is 1. The first kappa shape index (κ1) is 12.6. The Morgan fingerprint density at radius 2 is 1.85 bits per heavy atom. The van der Waals surface area contributed by atoms with E-state index in [2.05, 4.69) is 21.9 Å². The molecule has 2 aromatic rings. The van der Waals surface area contributed by atoms with Crippen molar-refractivity contribution in [1.82, 2.24) is 20.2 Å². The molecular formula is C7H7N4NaS. The summed E-state index contributed by atoms with van der Waals surface area (Å²) in [5, 5.41) is 10.6. The Balaban J connectivity index is 0.000000720. The van der Waals surface area contributed by atoms with Gasteiger partial charge in [0, 0.05) is 0 Å². The molecule has 62 valence electrons. The number of hydrogen-bond acceptors (Lipinski definition) is 3. The van der Waals surface area contributed by atoms with E-state index < -0.39 is 0 Å². The van der Waals surface area contributed by atoms with Crippen LogP contribution in [0.2, 0.25) is 0 Å². The second kappa shape index (κ2) is 6.15. The van der Waals surface area contributed by atoms with Crippen molar-refractivity contribution in [2.75, 3.05) is 0 Å². The quantitative estimate of drug-likeness (QED) is 0.382. The molecule has 0 N–H and O–H groups in total. The van der Waals surface area contributed by atoms with Crippen LogP contribution in [0.15, 0.2) is 30.3 Å². The van der Waals surface area contributed by atoms with Gasteiger partial charge in [-0.2, -0.15) is 13.5 Å². The number of aromatic nitrogens is 4. The van der Waals surface area contributed by atoms with Crippen LogP contribution in [-0.2, 0) is 0 Å². The molecule has 13 heavy (non-hydrogen) atoms. The van der Waals surface area contributed by atoms with Gasteiger partial charge in [0.2, 0.25) is 0 Å². The van der Waals surface area contributed by atoms with E-state index in [-0.39, 0.29) is 43.1 Å². The molecule has 0 aliphatic heterocycles. The van der Waals surface area contributed by atoms with Gasteiger partial charge < -0.3 is 4.68 Å². The molecule has 4 nitrogen and oxygen atoms in total. The minimum atomic E-state index is 0. The summed E-state index contributed by atoms with van der Waals surface area (Å²) in [6, 6.07) is 9.60. The Bertz CT molecular complexity index is 323. The molecule has 2 rings (SSSR count). The summed E-state index contributed by atoms with van der Waals surface area (Å²) < 4.78 is 1.49. The maximum Gasteiger partial charge on any atom is 1.00 e. The van der Waals surface area contributed by atoms with Crippen molar-refractivity contribution in [3.63, 3.8) is 0 Å². The van der Waals surface area contributed by atoms with Crippen molar-refractivity contribution >= 4 is 13.5 Å². The smallest absolute Gasteiger partial charge is 0.363 e. The largest absolute Gasteiger partial charge is 1.00 e. The van der Waals surface area contributed by atoms with Crippen LogP contribution in [0, 0.1) is 6.33 Å². The molecule has 0 atom stereocenters. The summed E-state index contributed by atoms with van der Waals surface area (Å²) in [5.74, 6) is 0. The van der Waals surface area contributed by atoms with Gasteiger partial charge in [0.1, 0.15) is 0 Å². The van der Waals surface area contributed by atoms with Gasteiger partial charge in [-0.3, -0.25) is 0 Å². The first-order chi connectivity index (χ1) is 5.47. The van der Waals surface area contributed by atoms with Crippen LogP contribution < -0.4 is 29.6 Å². The SMILES string of the molecule is S.[Na+].[c-]1nnnn1-c1ccccc1. The van der Waals surface area contributed by atoms with Crippen LogP contribution in [0.25, 0.3) is 5.69 Å². The van der Waals surface area contributed by atoms with Gasteiger partial charge in [-0.1, -0.05) is 29.1 Å². The van der Waals surface area contributed by atoms with Crippen LogP contribution in [0.4, 0.5) is 0 Å². The fourth-order valence-electron chi connectivity index (χ4n) is 0.821. The summed E-state index contributed by atoms with van der Waals surface area (Å²) in [5.41, 5.74) is 0.914. The Morgan fingerprint density at radius 1 is 1.15 bits per heavy atom. The van der Waals surface area contributed by atoms with Crippen molar-refractivity contribution in [3.05, 3.63) is 36.7 Å². The minimum Gasteiger partial charge on any atom is -0.363 e. The standard InChI is InChI=1S/C7H5N4.Na.H2S/c1-2-4-7(5-3-1)11-6-8-9-10-11;;/h1-5H;;1H2/q-1;+1;. The number of hydrogen-bond donors (Lipinski definition) is 0. The van der Waals surface area contributed by atoms with E-state index in [0.29, 0.717) is 0 Å². The fourth-order valence-corrected chi connectivity index (χ4v) is 0.821. The van der Waals surface area contributed by atoms with E-state index in [4.69, 9.17) is 0 Å². The number of benzene rings is 1. The first-order valence-corrected chi connectivity index (χ1v) is 3.18. The van der Waals surface area contributed by atoms with Crippen molar-refractivity contribution in [2.24, 2.45) is 0 Å². The third-order valence-corrected chi connectivity index (χ3v) is 1.31. The zero-order chi connectivity index (χ0) is 7.52. The molecule has 1 aromatic carbocycles. The maximum absolute atomic E-state index is 3.69. The van der Waals surface area contributed by atoms with Crippen LogP contribution in [0.3, 0.4) is 0 Å². The Morgan fingerprint density at radius 3 is 2.38 bits per heavy atom. The van der Waals surface area contributed by atoms with Gasteiger partial charge in [-0.15, -0.1) is 12.1 Å². The summed E-state index contributed by atoms with van der Waals surface area (Å²) in [7, 11) is 0. The third kappa shape index (κ3) is 3.11. The molecule has 0 aliphatic carbocycles. The summed E-state index contributed by atoms with van der Waals surface area (Å²) in [6.07, 6.45) is 2.60. The first-order valence-electron chi connectivity index (χ1n) is 3.18. The van der Waals surface area contributed by atoms with E-state index in [1.54, 1.807) is 0 Å². The Hall–Kier alpha value is -0.360. The van der Waals surface area contributed by atoms with Gasteiger partial charge in [0.25, 0.3) is 0 Å². The van der Waals surface area contributed by atoms with Crippen molar-refractivity contribution in [2.45, 2.75) is 0 Å². The average Bonchev–Trinajstić information content (AvgIpc) is 2.58. The van der Waals surface area contributed by atoms with Crippen LogP contribution in [0.1, 0.15) is 0 Å². The molecular weight excluding hydrogens is 195 g/mol. The van der Waals surface area contributed by atoms with E-state index in [0.717, 1.165) is 5.69 Å². The molecule has 0 radical (unpaired) electrons. The number of rotatable bonds is 1. The van der Waals surface area contributed by atoms with E-state index in [1.165, 1.54) is 4.68 Å². The van der Waals surface area contributed by atoms with Crippen molar-refractivity contribution in [1.29, 1.82) is 0 Å². The topological polar surface area (TPSA) is 43.6 Å². The van der Waals surface area contributed by atoms with Crippen LogP contribution in [-0.4, -0.2) is 20.2 Å². The molecule has 6 heteroatoms. The van der Waals surface area contributed by atoms with Crippen molar-refractivity contribution in [3.8, 4) is 5.69 Å². The number of nitrogens with zero attached hydrogens (tertiary/aromatic N) is 4. The molecule has 1 heterocycles. The van der Waals surface area contributed by atoms with Crippen molar-refractivity contribution < 1.29 is 29.6 Å². The molecule has 0 spiro atoms. The second-order valence-electron chi connectivity index (χ2n) is 2.03. The summed E-state index contributed by atoms with van der Waals surface area (Å²) in [6.45, 7) is 0. The van der Waals surface area contributed by atoms with Gasteiger partial charge in [-0.25, -0.2) is 5.10 Å². The Labute approximate surface area is 105 Å². The fraction of sp³-hybridized carbons (Fsp3) is 0. The third-order valence-electron chi connectivity index (χ3n) is 1.31. The molecule has 0 unspecified atom stereocenters. The molecule has 0 aliphatic rings. The van der Waals surface area contributed by atoms with Crippen LogP contribution >= 0.6 is 13.5 Å². The van der Waals surface area contributed by atoms with Gasteiger partial charge in [0.05, 0.1) is 0 Å². The zero-order valence-electron chi connectivity index (χ0n) is 7.18. The normalized spacial score (nSPS) is 8.31. The average molecular weight is 202 g/mol. The van der Waals surface area contributed by atoms with Gasteiger partial charge >= 0.3 is 29.6 Å². The van der Waals surface area contributed by atoms with Gasteiger partial charge in [0.15, 0.2) is 0 Å². The molecule has 0 amide bonds. The minimum absolute atomic E-state index is 0. The molecule has 1 aromatic heterocycles. The maximum atomic E-state index is 3.69. The van der Waals surface area contributed by atoms with E-state index in [1.807, 2.05) is 30.3 Å². The predicted molar refractivity (Wildman–Crippen MR) is 48.4 cm³/mol. The van der Waals surface area contributed by atoms with E-state index >= 15 is 0 Å². The summed E-state index contributed by atoms with van der Waals surface area (Å²) in [4.78, 5) is 0. The van der Waals surface area contributed by atoms with Gasteiger partial charge in [-0.05, 0) is 11.5 Å². The molecule has 0 fully saturated rings. The number of tetrazole rings is 1. The second-order valence-corrected chi connectivity index (χ2v) is 2.03. The van der Waals surface area contributed by atoms with E-state index in [9.17, 15) is 0 Å². The molecule has 0 saturated carbocycles. The van der Waals surface area contributed by atoms with Crippen LogP contribution in [0.5, 0.6) is 0 Å². The monoisotopic (exact) mass is 202 g/mol. The molecule has 0 saturated heterocycles.